The Kier molecular flexibility index (Phi) is 5.75. The van der Waals surface area contributed by atoms with Gasteiger partial charge < -0.3 is 15.1 Å². The van der Waals surface area contributed by atoms with E-state index < -0.39 is 0 Å². The number of carbonyl (C=O) groups is 3. The van der Waals surface area contributed by atoms with Crippen LogP contribution in [0.1, 0.15) is 33.5 Å². The second-order valence-electron chi connectivity index (χ2n) is 6.23. The van der Waals surface area contributed by atoms with E-state index in [-0.39, 0.29) is 30.0 Å². The minimum absolute atomic E-state index is 0.0119. The van der Waals surface area contributed by atoms with Gasteiger partial charge in [-0.3, -0.25) is 24.4 Å². The minimum Gasteiger partial charge on any atom is -0.345 e. The van der Waals surface area contributed by atoms with Gasteiger partial charge in [-0.1, -0.05) is 6.07 Å². The lowest BCUT2D eigenvalue weighted by molar-refractivity contribution is -0.130. The van der Waals surface area contributed by atoms with Gasteiger partial charge in [0.2, 0.25) is 5.91 Å². The summed E-state index contributed by atoms with van der Waals surface area (Å²) in [5.41, 5.74) is 1.32. The Morgan fingerprint density at radius 1 is 1.00 bits per heavy atom. The molecule has 3 rings (SSSR count). The van der Waals surface area contributed by atoms with Crippen LogP contribution in [0.5, 0.6) is 0 Å². The molecule has 1 saturated heterocycles. The van der Waals surface area contributed by atoms with Crippen molar-refractivity contribution in [1.82, 2.24) is 25.1 Å². The first-order valence-electron chi connectivity index (χ1n) is 8.73. The van der Waals surface area contributed by atoms with Crippen LogP contribution < -0.4 is 5.32 Å². The summed E-state index contributed by atoms with van der Waals surface area (Å²) in [5, 5.41) is 2.75. The smallest absolute Gasteiger partial charge is 0.270 e. The third kappa shape index (κ3) is 4.66. The Morgan fingerprint density at radius 2 is 1.74 bits per heavy atom. The number of carbonyl (C=O) groups excluding carboxylic acids is 3. The van der Waals surface area contributed by atoms with E-state index in [2.05, 4.69) is 15.3 Å². The van der Waals surface area contributed by atoms with Gasteiger partial charge in [-0.05, 0) is 24.3 Å². The molecule has 0 radical (unpaired) electrons. The molecule has 0 atom stereocenters. The average molecular weight is 367 g/mol. The fourth-order valence-corrected chi connectivity index (χ4v) is 2.86. The van der Waals surface area contributed by atoms with Gasteiger partial charge in [0.25, 0.3) is 11.8 Å². The lowest BCUT2D eigenvalue weighted by Gasteiger charge is -2.34. The predicted molar refractivity (Wildman–Crippen MR) is 97.8 cm³/mol. The van der Waals surface area contributed by atoms with Gasteiger partial charge in [0, 0.05) is 51.1 Å². The maximum Gasteiger partial charge on any atom is 0.270 e. The number of nitrogens with zero attached hydrogens (tertiary/aromatic N) is 4. The Labute approximate surface area is 157 Å². The van der Waals surface area contributed by atoms with Crippen molar-refractivity contribution in [2.45, 2.75) is 13.5 Å². The van der Waals surface area contributed by atoms with E-state index in [0.717, 1.165) is 5.69 Å². The topological polar surface area (TPSA) is 95.5 Å². The molecule has 0 aliphatic carbocycles. The molecular formula is C19H21N5O3. The molecule has 0 bridgehead atoms. The van der Waals surface area contributed by atoms with E-state index >= 15 is 0 Å². The SMILES string of the molecule is CC(=O)N1CCN(C(=O)c2ccnc(C(=O)NCc3ccccn3)c2)CC1. The molecule has 0 unspecified atom stereocenters. The molecule has 3 amide bonds. The highest BCUT2D eigenvalue weighted by atomic mass is 16.2. The lowest BCUT2D eigenvalue weighted by atomic mass is 10.1. The fourth-order valence-electron chi connectivity index (χ4n) is 2.86. The lowest BCUT2D eigenvalue weighted by Crippen LogP contribution is -2.50. The second-order valence-corrected chi connectivity index (χ2v) is 6.23. The van der Waals surface area contributed by atoms with E-state index in [0.29, 0.717) is 31.7 Å². The molecular weight excluding hydrogens is 346 g/mol. The van der Waals surface area contributed by atoms with Crippen molar-refractivity contribution in [1.29, 1.82) is 0 Å². The zero-order valence-corrected chi connectivity index (χ0v) is 15.1. The number of pyridine rings is 2. The van der Waals surface area contributed by atoms with Gasteiger partial charge in [0.05, 0.1) is 12.2 Å². The summed E-state index contributed by atoms with van der Waals surface area (Å²) < 4.78 is 0. The summed E-state index contributed by atoms with van der Waals surface area (Å²) in [5.74, 6) is -0.519. The normalized spacial score (nSPS) is 14.0. The van der Waals surface area contributed by atoms with Crippen LogP contribution in [0.3, 0.4) is 0 Å². The van der Waals surface area contributed by atoms with Crippen molar-refractivity contribution in [3.8, 4) is 0 Å². The number of nitrogens with one attached hydrogen (secondary N) is 1. The number of hydrogen-bond acceptors (Lipinski definition) is 5. The van der Waals surface area contributed by atoms with Gasteiger partial charge in [0.15, 0.2) is 0 Å². The van der Waals surface area contributed by atoms with E-state index in [9.17, 15) is 14.4 Å². The molecule has 0 aromatic carbocycles. The number of rotatable bonds is 4. The Balaban J connectivity index is 1.62. The molecule has 1 aliphatic rings. The van der Waals surface area contributed by atoms with Crippen molar-refractivity contribution in [3.05, 3.63) is 59.7 Å². The van der Waals surface area contributed by atoms with Crippen LogP contribution in [-0.2, 0) is 11.3 Å². The molecule has 1 N–H and O–H groups in total. The standard InChI is InChI=1S/C19H21N5O3/c1-14(25)23-8-10-24(11-9-23)19(27)15-5-7-21-17(12-15)18(26)22-13-16-4-2-3-6-20-16/h2-7,12H,8-11,13H2,1H3,(H,22,26). The van der Waals surface area contributed by atoms with Crippen molar-refractivity contribution in [2.75, 3.05) is 26.2 Å². The number of aromatic nitrogens is 2. The molecule has 0 spiro atoms. The predicted octanol–water partition coefficient (Wildman–Crippen LogP) is 0.711. The van der Waals surface area contributed by atoms with Crippen molar-refractivity contribution in [2.24, 2.45) is 0 Å². The fraction of sp³-hybridized carbons (Fsp3) is 0.316. The highest BCUT2D eigenvalue weighted by Gasteiger charge is 2.24. The zero-order valence-electron chi connectivity index (χ0n) is 15.1. The summed E-state index contributed by atoms with van der Waals surface area (Å²) >= 11 is 0. The molecule has 3 heterocycles. The summed E-state index contributed by atoms with van der Waals surface area (Å²) in [6.45, 7) is 3.79. The maximum atomic E-state index is 12.7. The molecule has 8 nitrogen and oxygen atoms in total. The van der Waals surface area contributed by atoms with Crippen LogP contribution in [0.2, 0.25) is 0 Å². The minimum atomic E-state index is -0.364. The van der Waals surface area contributed by atoms with E-state index in [1.165, 1.54) is 19.2 Å². The van der Waals surface area contributed by atoms with Crippen molar-refractivity contribution >= 4 is 17.7 Å². The molecule has 140 valence electrons. The molecule has 0 saturated carbocycles. The Morgan fingerprint density at radius 3 is 2.41 bits per heavy atom. The van der Waals surface area contributed by atoms with Gasteiger partial charge in [-0.15, -0.1) is 0 Å². The maximum absolute atomic E-state index is 12.7. The monoisotopic (exact) mass is 367 g/mol. The van der Waals surface area contributed by atoms with Crippen LogP contribution in [0.25, 0.3) is 0 Å². The molecule has 8 heteroatoms. The van der Waals surface area contributed by atoms with Gasteiger partial charge in [-0.2, -0.15) is 0 Å². The average Bonchev–Trinajstić information content (AvgIpc) is 2.72. The highest BCUT2D eigenvalue weighted by molar-refractivity contribution is 5.98. The van der Waals surface area contributed by atoms with Crippen molar-refractivity contribution in [3.63, 3.8) is 0 Å². The first kappa shape index (κ1) is 18.5. The van der Waals surface area contributed by atoms with Crippen LogP contribution in [0.15, 0.2) is 42.7 Å². The highest BCUT2D eigenvalue weighted by Crippen LogP contribution is 2.10. The summed E-state index contributed by atoms with van der Waals surface area (Å²) in [4.78, 5) is 48.0. The molecule has 2 aromatic rings. The molecule has 1 aliphatic heterocycles. The molecule has 27 heavy (non-hydrogen) atoms. The third-order valence-electron chi connectivity index (χ3n) is 4.41. The van der Waals surface area contributed by atoms with Gasteiger partial charge in [0.1, 0.15) is 5.69 Å². The molecule has 2 aromatic heterocycles. The Bertz CT molecular complexity index is 832. The number of hydrogen-bond donors (Lipinski definition) is 1. The zero-order chi connectivity index (χ0) is 19.2. The summed E-state index contributed by atoms with van der Waals surface area (Å²) in [6, 6.07) is 8.55. The number of piperazine rings is 1. The van der Waals surface area contributed by atoms with Crippen LogP contribution in [0, 0.1) is 0 Å². The quantitative estimate of drug-likeness (QED) is 0.859. The first-order chi connectivity index (χ1) is 13.0. The van der Waals surface area contributed by atoms with Gasteiger partial charge >= 0.3 is 0 Å². The molecule has 1 fully saturated rings. The summed E-state index contributed by atoms with van der Waals surface area (Å²) in [7, 11) is 0. The van der Waals surface area contributed by atoms with Crippen LogP contribution in [0.4, 0.5) is 0 Å². The largest absolute Gasteiger partial charge is 0.345 e. The van der Waals surface area contributed by atoms with E-state index in [4.69, 9.17) is 0 Å². The van der Waals surface area contributed by atoms with Crippen LogP contribution in [-0.4, -0.2) is 63.7 Å². The Hall–Kier alpha value is -3.29. The second kappa shape index (κ2) is 8.39. The van der Waals surface area contributed by atoms with Crippen LogP contribution >= 0.6 is 0 Å². The number of amides is 3. The van der Waals surface area contributed by atoms with E-state index in [1.807, 2.05) is 12.1 Å². The third-order valence-corrected chi connectivity index (χ3v) is 4.41. The van der Waals surface area contributed by atoms with Gasteiger partial charge in [-0.25, -0.2) is 0 Å². The van der Waals surface area contributed by atoms with E-state index in [1.54, 1.807) is 28.1 Å². The summed E-state index contributed by atoms with van der Waals surface area (Å²) in [6.07, 6.45) is 3.11. The van der Waals surface area contributed by atoms with Crippen molar-refractivity contribution < 1.29 is 14.4 Å². The first-order valence-corrected chi connectivity index (χ1v) is 8.73.